The van der Waals surface area contributed by atoms with Crippen LogP contribution < -0.4 is 0 Å². The first kappa shape index (κ1) is 20.6. The van der Waals surface area contributed by atoms with Gasteiger partial charge in [0.1, 0.15) is 0 Å². The molecule has 0 radical (unpaired) electrons. The highest BCUT2D eigenvalue weighted by Gasteiger charge is 2.14. The summed E-state index contributed by atoms with van der Waals surface area (Å²) >= 11 is 8.73. The highest BCUT2D eigenvalue weighted by Crippen LogP contribution is 2.18. The molecular weight excluding hydrogens is 292 g/mol. The standard InChI is InChI=1S/C15H32O3S2/c1-2-3-4-5-6-7-8-9-14(15(19)20)18-13-12-17-11-10-16/h14-16,19-20H,2-13H2,1H3. The summed E-state index contributed by atoms with van der Waals surface area (Å²) in [5.74, 6) is 0. The Labute approximate surface area is 135 Å². The number of hydrogen-bond acceptors (Lipinski definition) is 5. The first-order valence-corrected chi connectivity index (χ1v) is 8.92. The third kappa shape index (κ3) is 13.6. The van der Waals surface area contributed by atoms with Crippen LogP contribution in [-0.2, 0) is 9.47 Å². The highest BCUT2D eigenvalue weighted by atomic mass is 32.2. The van der Waals surface area contributed by atoms with Gasteiger partial charge in [-0.05, 0) is 6.42 Å². The van der Waals surface area contributed by atoms with Crippen LogP contribution in [0.3, 0.4) is 0 Å². The van der Waals surface area contributed by atoms with Gasteiger partial charge < -0.3 is 14.6 Å². The van der Waals surface area contributed by atoms with Crippen molar-refractivity contribution in [3.05, 3.63) is 0 Å². The van der Waals surface area contributed by atoms with Crippen molar-refractivity contribution in [1.82, 2.24) is 0 Å². The molecule has 0 saturated heterocycles. The lowest BCUT2D eigenvalue weighted by molar-refractivity contribution is 0.000183. The Bertz CT molecular complexity index is 192. The summed E-state index contributed by atoms with van der Waals surface area (Å²) in [4.78, 5) is 0. The molecule has 3 nitrogen and oxygen atoms in total. The van der Waals surface area contributed by atoms with Gasteiger partial charge in [-0.25, -0.2) is 0 Å². The van der Waals surface area contributed by atoms with E-state index in [2.05, 4.69) is 32.2 Å². The lowest BCUT2D eigenvalue weighted by Crippen LogP contribution is -2.23. The van der Waals surface area contributed by atoms with Crippen LogP contribution in [0.1, 0.15) is 58.3 Å². The van der Waals surface area contributed by atoms with Crippen molar-refractivity contribution >= 4 is 25.3 Å². The fourth-order valence-electron chi connectivity index (χ4n) is 2.05. The monoisotopic (exact) mass is 324 g/mol. The van der Waals surface area contributed by atoms with Gasteiger partial charge in [-0.1, -0.05) is 51.9 Å². The maximum atomic E-state index is 8.59. The number of aliphatic hydroxyl groups is 1. The van der Waals surface area contributed by atoms with Gasteiger partial charge in [-0.3, -0.25) is 0 Å². The lowest BCUT2D eigenvalue weighted by Gasteiger charge is -2.20. The number of hydrogen-bond donors (Lipinski definition) is 3. The number of ether oxygens (including phenoxy) is 2. The molecule has 0 aliphatic carbocycles. The van der Waals surface area contributed by atoms with Crippen LogP contribution in [0.5, 0.6) is 0 Å². The normalized spacial score (nSPS) is 13.1. The van der Waals surface area contributed by atoms with Gasteiger partial charge >= 0.3 is 0 Å². The summed E-state index contributed by atoms with van der Waals surface area (Å²) < 4.78 is 10.9. The summed E-state index contributed by atoms with van der Waals surface area (Å²) in [7, 11) is 0. The van der Waals surface area contributed by atoms with Crippen LogP contribution in [0.25, 0.3) is 0 Å². The first-order chi connectivity index (χ1) is 9.72. The minimum Gasteiger partial charge on any atom is -0.394 e. The molecular formula is C15H32O3S2. The topological polar surface area (TPSA) is 38.7 Å². The van der Waals surface area contributed by atoms with Crippen molar-refractivity contribution in [2.75, 3.05) is 26.4 Å². The van der Waals surface area contributed by atoms with E-state index >= 15 is 0 Å². The summed E-state index contributed by atoms with van der Waals surface area (Å²) in [6.45, 7) is 3.73. The molecule has 0 aliphatic heterocycles. The van der Waals surface area contributed by atoms with Crippen LogP contribution in [0.4, 0.5) is 0 Å². The van der Waals surface area contributed by atoms with Crippen molar-refractivity contribution in [3.8, 4) is 0 Å². The molecule has 0 amide bonds. The molecule has 0 aromatic heterocycles. The molecule has 0 aromatic carbocycles. The molecule has 1 N–H and O–H groups in total. The minimum atomic E-state index is -0.0482. The van der Waals surface area contributed by atoms with E-state index in [4.69, 9.17) is 14.6 Å². The molecule has 1 unspecified atom stereocenters. The SMILES string of the molecule is CCCCCCCCCC(OCCOCCO)C(S)S. The maximum Gasteiger partial charge on any atom is 0.0781 e. The molecule has 1 atom stereocenters. The predicted molar refractivity (Wildman–Crippen MR) is 92.0 cm³/mol. The molecule has 0 bridgehead atoms. The van der Waals surface area contributed by atoms with E-state index in [1.54, 1.807) is 0 Å². The number of unbranched alkanes of at least 4 members (excludes halogenated alkanes) is 6. The fourth-order valence-corrected chi connectivity index (χ4v) is 2.52. The molecule has 0 rings (SSSR count). The van der Waals surface area contributed by atoms with Gasteiger partial charge in [0.25, 0.3) is 0 Å². The van der Waals surface area contributed by atoms with Crippen LogP contribution in [0, 0.1) is 0 Å². The molecule has 0 spiro atoms. The second-order valence-electron chi connectivity index (χ2n) is 5.07. The van der Waals surface area contributed by atoms with Crippen LogP contribution >= 0.6 is 25.3 Å². The quantitative estimate of drug-likeness (QED) is 0.244. The van der Waals surface area contributed by atoms with E-state index < -0.39 is 0 Å². The second kappa shape index (κ2) is 16.0. The Kier molecular flexibility index (Phi) is 16.4. The summed E-state index contributed by atoms with van der Waals surface area (Å²) in [5, 5.41) is 8.59. The fraction of sp³-hybridized carbons (Fsp3) is 1.00. The molecule has 0 heterocycles. The Hall–Kier alpha value is 0.580. The molecule has 0 saturated carbocycles. The van der Waals surface area contributed by atoms with E-state index in [0.29, 0.717) is 19.8 Å². The van der Waals surface area contributed by atoms with Crippen molar-refractivity contribution in [2.45, 2.75) is 69.0 Å². The van der Waals surface area contributed by atoms with E-state index in [1.165, 1.54) is 44.9 Å². The van der Waals surface area contributed by atoms with Gasteiger partial charge in [-0.2, -0.15) is 25.3 Å². The average molecular weight is 325 g/mol. The minimum absolute atomic E-state index is 0.0482. The smallest absolute Gasteiger partial charge is 0.0781 e. The zero-order chi connectivity index (χ0) is 15.1. The van der Waals surface area contributed by atoms with Crippen LogP contribution in [0.2, 0.25) is 0 Å². The van der Waals surface area contributed by atoms with Crippen molar-refractivity contribution in [1.29, 1.82) is 0 Å². The largest absolute Gasteiger partial charge is 0.394 e. The van der Waals surface area contributed by atoms with E-state index in [9.17, 15) is 0 Å². The van der Waals surface area contributed by atoms with E-state index in [0.717, 1.165) is 6.42 Å². The van der Waals surface area contributed by atoms with Crippen LogP contribution in [0.15, 0.2) is 0 Å². The van der Waals surface area contributed by atoms with Gasteiger partial charge in [0, 0.05) is 0 Å². The Morgan fingerprint density at radius 3 is 2.15 bits per heavy atom. The van der Waals surface area contributed by atoms with Crippen molar-refractivity contribution in [2.24, 2.45) is 0 Å². The van der Waals surface area contributed by atoms with Gasteiger partial charge in [0.15, 0.2) is 0 Å². The highest BCUT2D eigenvalue weighted by molar-refractivity contribution is 7.99. The lowest BCUT2D eigenvalue weighted by atomic mass is 10.1. The number of rotatable bonds is 15. The van der Waals surface area contributed by atoms with Gasteiger partial charge in [0.05, 0.1) is 37.1 Å². The van der Waals surface area contributed by atoms with Crippen LogP contribution in [-0.4, -0.2) is 42.2 Å². The number of aliphatic hydroxyl groups excluding tert-OH is 1. The molecule has 0 aromatic rings. The third-order valence-electron chi connectivity index (χ3n) is 3.22. The zero-order valence-electron chi connectivity index (χ0n) is 12.8. The van der Waals surface area contributed by atoms with Gasteiger partial charge in [0.2, 0.25) is 0 Å². The van der Waals surface area contributed by atoms with E-state index in [1.807, 2.05) is 0 Å². The summed E-state index contributed by atoms with van der Waals surface area (Å²) in [6.07, 6.45) is 10.2. The first-order valence-electron chi connectivity index (χ1n) is 7.88. The molecule has 0 aliphatic rings. The Balaban J connectivity index is 3.50. The summed E-state index contributed by atoms with van der Waals surface area (Å²) in [5.41, 5.74) is 0. The molecule has 20 heavy (non-hydrogen) atoms. The van der Waals surface area contributed by atoms with E-state index in [-0.39, 0.29) is 17.3 Å². The third-order valence-corrected chi connectivity index (χ3v) is 3.89. The molecule has 5 heteroatoms. The Morgan fingerprint density at radius 2 is 1.55 bits per heavy atom. The summed E-state index contributed by atoms with van der Waals surface area (Å²) in [6, 6.07) is 0. The van der Waals surface area contributed by atoms with Gasteiger partial charge in [-0.15, -0.1) is 0 Å². The number of thiol groups is 2. The Morgan fingerprint density at radius 1 is 0.900 bits per heavy atom. The maximum absolute atomic E-state index is 8.59. The molecule has 0 fully saturated rings. The predicted octanol–water partition coefficient (Wildman–Crippen LogP) is 3.71. The van der Waals surface area contributed by atoms with Crippen molar-refractivity contribution < 1.29 is 14.6 Å². The zero-order valence-corrected chi connectivity index (χ0v) is 14.6. The average Bonchev–Trinajstić information content (AvgIpc) is 2.43. The second-order valence-corrected chi connectivity index (χ2v) is 6.59. The molecule has 122 valence electrons. The van der Waals surface area contributed by atoms with Crippen molar-refractivity contribution in [3.63, 3.8) is 0 Å².